The van der Waals surface area contributed by atoms with E-state index in [1.807, 2.05) is 109 Å². The molecule has 0 saturated heterocycles. The van der Waals surface area contributed by atoms with E-state index in [0.29, 0.717) is 45.7 Å². The molecule has 1 heterocycles. The molecule has 0 saturated carbocycles. The summed E-state index contributed by atoms with van der Waals surface area (Å²) in [6, 6.07) is 34.3. The normalized spacial score (nSPS) is 10.6. The van der Waals surface area contributed by atoms with Crippen LogP contribution in [0.5, 0.6) is 5.75 Å². The highest BCUT2D eigenvalue weighted by Gasteiger charge is 2.25. The van der Waals surface area contributed by atoms with Crippen molar-refractivity contribution in [1.82, 2.24) is 10.2 Å². The second-order valence-corrected chi connectivity index (χ2v) is 9.04. The number of aromatic nitrogens is 2. The molecule has 0 bridgehead atoms. The van der Waals surface area contributed by atoms with Crippen LogP contribution in [0.3, 0.4) is 0 Å². The summed E-state index contributed by atoms with van der Waals surface area (Å²) in [7, 11) is 0. The first-order valence-corrected chi connectivity index (χ1v) is 12.9. The largest absolute Gasteiger partial charge is 0.489 e. The Morgan fingerprint density at radius 2 is 1.44 bits per heavy atom. The number of halogens is 1. The highest BCUT2D eigenvalue weighted by atomic mass is 35.5. The van der Waals surface area contributed by atoms with Crippen molar-refractivity contribution in [3.8, 4) is 28.1 Å². The van der Waals surface area contributed by atoms with Gasteiger partial charge in [0, 0.05) is 27.4 Å². The average Bonchev–Trinajstić information content (AvgIpc) is 2.98. The van der Waals surface area contributed by atoms with E-state index in [2.05, 4.69) is 15.5 Å². The number of nitrogens with one attached hydrogen (secondary N) is 1. The average molecular weight is 536 g/mol. The Morgan fingerprint density at radius 3 is 2.10 bits per heavy atom. The molecule has 5 rings (SSSR count). The molecule has 4 aromatic carbocycles. The summed E-state index contributed by atoms with van der Waals surface area (Å²) in [6.45, 7) is 2.36. The summed E-state index contributed by atoms with van der Waals surface area (Å²) in [4.78, 5) is 13.4. The standard InChI is InChI=1S/C32H26ClN3O3/c1-2-38-32(37)29-28(22-11-5-3-6-12-22)30(23-13-7-4-8-14-23)35-36-31(29)34-25-17-19-26(20-18-25)39-21-24-15-9-10-16-27(24)33/h3-20H,2,21H2,1H3,(H,34,36). The van der Waals surface area contributed by atoms with Gasteiger partial charge in [-0.3, -0.25) is 0 Å². The third kappa shape index (κ3) is 6.08. The highest BCUT2D eigenvalue weighted by molar-refractivity contribution is 6.31. The molecule has 6 nitrogen and oxygen atoms in total. The van der Waals surface area contributed by atoms with E-state index in [4.69, 9.17) is 21.1 Å². The Morgan fingerprint density at radius 1 is 0.795 bits per heavy atom. The Balaban J connectivity index is 1.50. The first-order chi connectivity index (χ1) is 19.1. The van der Waals surface area contributed by atoms with Gasteiger partial charge in [0.1, 0.15) is 23.6 Å². The van der Waals surface area contributed by atoms with Gasteiger partial charge >= 0.3 is 5.97 Å². The van der Waals surface area contributed by atoms with Crippen LogP contribution >= 0.6 is 11.6 Å². The van der Waals surface area contributed by atoms with Crippen molar-refractivity contribution < 1.29 is 14.3 Å². The van der Waals surface area contributed by atoms with Gasteiger partial charge < -0.3 is 14.8 Å². The van der Waals surface area contributed by atoms with Crippen LogP contribution in [0.1, 0.15) is 22.8 Å². The number of rotatable bonds is 9. The molecule has 5 aromatic rings. The number of anilines is 2. The maximum absolute atomic E-state index is 13.4. The van der Waals surface area contributed by atoms with E-state index in [1.165, 1.54) is 0 Å². The van der Waals surface area contributed by atoms with Gasteiger partial charge in [-0.1, -0.05) is 90.5 Å². The summed E-state index contributed by atoms with van der Waals surface area (Å²) < 4.78 is 11.4. The second kappa shape index (κ2) is 12.2. The Labute approximate surface area is 232 Å². The summed E-state index contributed by atoms with van der Waals surface area (Å²) in [5, 5.41) is 12.9. The van der Waals surface area contributed by atoms with Crippen molar-refractivity contribution in [2.24, 2.45) is 0 Å². The number of carbonyl (C=O) groups is 1. The van der Waals surface area contributed by atoms with Crippen LogP contribution in [0, 0.1) is 0 Å². The zero-order chi connectivity index (χ0) is 27.0. The van der Waals surface area contributed by atoms with E-state index < -0.39 is 5.97 Å². The van der Waals surface area contributed by atoms with Crippen LogP contribution in [0.15, 0.2) is 109 Å². The number of nitrogens with zero attached hydrogens (tertiary/aromatic N) is 2. The SMILES string of the molecule is CCOC(=O)c1c(Nc2ccc(OCc3ccccc3Cl)cc2)nnc(-c2ccccc2)c1-c1ccccc1. The van der Waals surface area contributed by atoms with Crippen LogP contribution in [-0.2, 0) is 11.3 Å². The van der Waals surface area contributed by atoms with Gasteiger partial charge in [0.05, 0.1) is 6.61 Å². The minimum Gasteiger partial charge on any atom is -0.489 e. The van der Waals surface area contributed by atoms with Crippen LogP contribution in [0.25, 0.3) is 22.4 Å². The van der Waals surface area contributed by atoms with Crippen LogP contribution in [0.2, 0.25) is 5.02 Å². The minimum atomic E-state index is -0.481. The first-order valence-electron chi connectivity index (χ1n) is 12.6. The lowest BCUT2D eigenvalue weighted by molar-refractivity contribution is 0.0528. The van der Waals surface area contributed by atoms with Gasteiger partial charge in [0.15, 0.2) is 5.82 Å². The monoisotopic (exact) mass is 535 g/mol. The molecule has 0 aliphatic carbocycles. The Kier molecular flexibility index (Phi) is 8.15. The molecule has 0 unspecified atom stereocenters. The quantitative estimate of drug-likeness (QED) is 0.193. The number of hydrogen-bond donors (Lipinski definition) is 1. The van der Waals surface area contributed by atoms with E-state index in [-0.39, 0.29) is 6.61 Å². The third-order valence-corrected chi connectivity index (χ3v) is 6.40. The van der Waals surface area contributed by atoms with Gasteiger partial charge in [0.2, 0.25) is 0 Å². The fraction of sp³-hybridized carbons (Fsp3) is 0.0938. The van der Waals surface area contributed by atoms with Gasteiger partial charge in [-0.05, 0) is 42.8 Å². The van der Waals surface area contributed by atoms with E-state index >= 15 is 0 Å². The Hall–Kier alpha value is -4.68. The smallest absolute Gasteiger partial charge is 0.342 e. The maximum atomic E-state index is 13.4. The zero-order valence-electron chi connectivity index (χ0n) is 21.3. The lowest BCUT2D eigenvalue weighted by atomic mass is 9.95. The fourth-order valence-electron chi connectivity index (χ4n) is 4.16. The van der Waals surface area contributed by atoms with Crippen molar-refractivity contribution in [2.75, 3.05) is 11.9 Å². The fourth-order valence-corrected chi connectivity index (χ4v) is 4.35. The number of carbonyl (C=O) groups excluding carboxylic acids is 1. The maximum Gasteiger partial charge on any atom is 0.342 e. The van der Waals surface area contributed by atoms with Crippen molar-refractivity contribution >= 4 is 29.1 Å². The number of benzene rings is 4. The number of hydrogen-bond acceptors (Lipinski definition) is 6. The second-order valence-electron chi connectivity index (χ2n) is 8.63. The predicted octanol–water partition coefficient (Wildman–Crippen LogP) is 7.96. The summed E-state index contributed by atoms with van der Waals surface area (Å²) in [5.41, 5.74) is 4.86. The number of esters is 1. The molecule has 39 heavy (non-hydrogen) atoms. The van der Waals surface area contributed by atoms with Gasteiger partial charge in [0.25, 0.3) is 0 Å². The van der Waals surface area contributed by atoms with Crippen molar-refractivity contribution in [1.29, 1.82) is 0 Å². The van der Waals surface area contributed by atoms with Crippen LogP contribution in [0.4, 0.5) is 11.5 Å². The highest BCUT2D eigenvalue weighted by Crippen LogP contribution is 2.37. The van der Waals surface area contributed by atoms with Gasteiger partial charge in [-0.2, -0.15) is 0 Å². The topological polar surface area (TPSA) is 73.3 Å². The van der Waals surface area contributed by atoms with E-state index in [9.17, 15) is 4.79 Å². The molecule has 0 fully saturated rings. The number of ether oxygens (including phenoxy) is 2. The molecular weight excluding hydrogens is 510 g/mol. The molecule has 0 radical (unpaired) electrons. The molecule has 0 amide bonds. The summed E-state index contributed by atoms with van der Waals surface area (Å²) in [5.74, 6) is 0.504. The minimum absolute atomic E-state index is 0.229. The molecule has 0 aliphatic rings. The molecule has 7 heteroatoms. The van der Waals surface area contributed by atoms with Crippen molar-refractivity contribution in [2.45, 2.75) is 13.5 Å². The molecular formula is C32H26ClN3O3. The predicted molar refractivity (Wildman–Crippen MR) is 154 cm³/mol. The molecule has 1 aromatic heterocycles. The van der Waals surface area contributed by atoms with Crippen molar-refractivity contribution in [3.05, 3.63) is 125 Å². The lowest BCUT2D eigenvalue weighted by Crippen LogP contribution is -2.13. The molecule has 194 valence electrons. The van der Waals surface area contributed by atoms with Crippen molar-refractivity contribution in [3.63, 3.8) is 0 Å². The van der Waals surface area contributed by atoms with E-state index in [0.717, 1.165) is 16.7 Å². The van der Waals surface area contributed by atoms with Gasteiger partial charge in [-0.15, -0.1) is 10.2 Å². The molecule has 0 spiro atoms. The summed E-state index contributed by atoms with van der Waals surface area (Å²) >= 11 is 6.24. The molecule has 0 aliphatic heterocycles. The third-order valence-electron chi connectivity index (χ3n) is 6.03. The Bertz CT molecular complexity index is 1560. The molecule has 0 atom stereocenters. The van der Waals surface area contributed by atoms with E-state index in [1.54, 1.807) is 6.92 Å². The lowest BCUT2D eigenvalue weighted by Gasteiger charge is -2.17. The zero-order valence-corrected chi connectivity index (χ0v) is 22.1. The van der Waals surface area contributed by atoms with Gasteiger partial charge in [-0.25, -0.2) is 4.79 Å². The first kappa shape index (κ1) is 25.9. The van der Waals surface area contributed by atoms with Crippen LogP contribution in [-0.4, -0.2) is 22.8 Å². The molecule has 1 N–H and O–H groups in total. The van der Waals surface area contributed by atoms with Crippen LogP contribution < -0.4 is 10.1 Å². The summed E-state index contributed by atoms with van der Waals surface area (Å²) in [6.07, 6.45) is 0.